The molecule has 0 fully saturated rings. The average Bonchev–Trinajstić information content (AvgIpc) is 2.56. The van der Waals surface area contributed by atoms with Crippen LogP contribution in [0.4, 0.5) is 0 Å². The maximum atomic E-state index is 12.2. The van der Waals surface area contributed by atoms with E-state index in [0.29, 0.717) is 6.54 Å². The summed E-state index contributed by atoms with van der Waals surface area (Å²) in [7, 11) is 4.65. The van der Waals surface area contributed by atoms with E-state index in [1.165, 1.54) is 30.0 Å². The molecule has 0 N–H and O–H groups in total. The molecule has 1 aromatic heterocycles. The fourth-order valence-corrected chi connectivity index (χ4v) is 2.44. The van der Waals surface area contributed by atoms with Crippen LogP contribution in [0.1, 0.15) is 11.1 Å². The Morgan fingerprint density at radius 2 is 1.83 bits per heavy atom. The van der Waals surface area contributed by atoms with Crippen LogP contribution in [0, 0.1) is 0 Å². The van der Waals surface area contributed by atoms with Crippen molar-refractivity contribution < 1.29 is 4.79 Å². The van der Waals surface area contributed by atoms with Crippen molar-refractivity contribution in [3.05, 3.63) is 73.0 Å². The van der Waals surface area contributed by atoms with Crippen LogP contribution in [0.2, 0.25) is 0 Å². The van der Waals surface area contributed by atoms with E-state index in [2.05, 4.69) is 15.9 Å². The summed E-state index contributed by atoms with van der Waals surface area (Å²) >= 11 is 3.37. The Bertz CT molecular complexity index is 895. The molecule has 0 unspecified atom stereocenters. The first kappa shape index (κ1) is 17.9. The van der Waals surface area contributed by atoms with Crippen LogP contribution >= 0.6 is 15.9 Å². The Balaban J connectivity index is 2.14. The van der Waals surface area contributed by atoms with Crippen LogP contribution in [0.3, 0.4) is 0 Å². The lowest BCUT2D eigenvalue weighted by atomic mass is 10.2. The third-order valence-corrected chi connectivity index (χ3v) is 4.12. The molecule has 0 saturated heterocycles. The highest BCUT2D eigenvalue weighted by atomic mass is 79.9. The summed E-state index contributed by atoms with van der Waals surface area (Å²) in [6, 6.07) is 7.69. The number of amides is 1. The second-order valence-corrected chi connectivity index (χ2v) is 6.41. The minimum absolute atomic E-state index is 0.228. The first-order valence-electron chi connectivity index (χ1n) is 7.24. The van der Waals surface area contributed by atoms with E-state index in [1.807, 2.05) is 24.3 Å². The molecule has 0 aliphatic rings. The molecule has 2 rings (SSSR count). The Morgan fingerprint density at radius 1 is 1.21 bits per heavy atom. The third-order valence-electron chi connectivity index (χ3n) is 3.59. The number of likely N-dealkylation sites (N-methyl/N-ethyl adjacent to an activating group) is 1. The molecule has 0 bridgehead atoms. The molecule has 2 aromatic rings. The number of halogens is 1. The van der Waals surface area contributed by atoms with Gasteiger partial charge in [0.25, 0.3) is 5.56 Å². The van der Waals surface area contributed by atoms with Crippen LogP contribution in [-0.4, -0.2) is 27.0 Å². The predicted octanol–water partition coefficient (Wildman–Crippen LogP) is 1.52. The van der Waals surface area contributed by atoms with Crippen LogP contribution in [0.5, 0.6) is 0 Å². The number of rotatable bonds is 4. The Hall–Kier alpha value is -2.41. The van der Waals surface area contributed by atoms with Gasteiger partial charge < -0.3 is 9.47 Å². The fourth-order valence-electron chi connectivity index (χ4n) is 2.18. The van der Waals surface area contributed by atoms with Gasteiger partial charge in [-0.25, -0.2) is 4.79 Å². The van der Waals surface area contributed by atoms with Crippen LogP contribution < -0.4 is 11.2 Å². The largest absolute Gasteiger partial charge is 0.338 e. The van der Waals surface area contributed by atoms with Crippen molar-refractivity contribution >= 4 is 27.9 Å². The van der Waals surface area contributed by atoms with Gasteiger partial charge in [-0.05, 0) is 23.8 Å². The van der Waals surface area contributed by atoms with E-state index < -0.39 is 11.2 Å². The van der Waals surface area contributed by atoms with Gasteiger partial charge in [0, 0.05) is 44.4 Å². The first-order valence-corrected chi connectivity index (χ1v) is 8.03. The molecule has 0 radical (unpaired) electrons. The van der Waals surface area contributed by atoms with Crippen LogP contribution in [-0.2, 0) is 25.4 Å². The molecular formula is C17H18BrN3O3. The van der Waals surface area contributed by atoms with Crippen LogP contribution in [0.25, 0.3) is 6.08 Å². The zero-order valence-electron chi connectivity index (χ0n) is 13.7. The molecule has 24 heavy (non-hydrogen) atoms. The number of hydrogen-bond donors (Lipinski definition) is 0. The van der Waals surface area contributed by atoms with Gasteiger partial charge in [0.1, 0.15) is 0 Å². The number of carbonyl (C=O) groups excluding carboxylic acids is 1. The number of aryl methyl sites for hydroxylation is 1. The van der Waals surface area contributed by atoms with E-state index >= 15 is 0 Å². The maximum Gasteiger partial charge on any atom is 0.330 e. The molecule has 0 aliphatic carbocycles. The number of carbonyl (C=O) groups is 1. The summed E-state index contributed by atoms with van der Waals surface area (Å²) in [4.78, 5) is 37.4. The van der Waals surface area contributed by atoms with Gasteiger partial charge in [0.15, 0.2) is 0 Å². The monoisotopic (exact) mass is 391 g/mol. The molecular weight excluding hydrogens is 374 g/mol. The molecule has 1 aromatic carbocycles. The zero-order chi connectivity index (χ0) is 17.9. The molecule has 6 nitrogen and oxygen atoms in total. The first-order chi connectivity index (χ1) is 11.3. The minimum Gasteiger partial charge on any atom is -0.338 e. The highest BCUT2D eigenvalue weighted by Gasteiger charge is 2.08. The van der Waals surface area contributed by atoms with Crippen molar-refractivity contribution in [2.45, 2.75) is 6.54 Å². The lowest BCUT2D eigenvalue weighted by molar-refractivity contribution is -0.125. The summed E-state index contributed by atoms with van der Waals surface area (Å²) in [5.41, 5.74) is 0.444. The van der Waals surface area contributed by atoms with Gasteiger partial charge in [-0.1, -0.05) is 28.1 Å². The number of benzene rings is 1. The van der Waals surface area contributed by atoms with E-state index in [4.69, 9.17) is 0 Å². The highest BCUT2D eigenvalue weighted by Crippen LogP contribution is 2.12. The fraction of sp³-hybridized carbons (Fsp3) is 0.235. The van der Waals surface area contributed by atoms with Gasteiger partial charge in [0.2, 0.25) is 5.91 Å². The van der Waals surface area contributed by atoms with Gasteiger partial charge in [0.05, 0.1) is 5.56 Å². The Morgan fingerprint density at radius 3 is 2.46 bits per heavy atom. The average molecular weight is 392 g/mol. The molecule has 0 atom stereocenters. The highest BCUT2D eigenvalue weighted by molar-refractivity contribution is 9.10. The maximum absolute atomic E-state index is 12.2. The second-order valence-electron chi connectivity index (χ2n) is 5.50. The Kier molecular flexibility index (Phi) is 5.56. The quantitative estimate of drug-likeness (QED) is 0.742. The molecule has 1 heterocycles. The molecule has 0 spiro atoms. The topological polar surface area (TPSA) is 64.3 Å². The molecule has 7 heteroatoms. The van der Waals surface area contributed by atoms with Crippen molar-refractivity contribution in [3.63, 3.8) is 0 Å². The van der Waals surface area contributed by atoms with E-state index in [0.717, 1.165) is 14.6 Å². The molecule has 126 valence electrons. The van der Waals surface area contributed by atoms with Gasteiger partial charge in [-0.2, -0.15) is 0 Å². The summed E-state index contributed by atoms with van der Waals surface area (Å²) < 4.78 is 3.29. The standard InChI is InChI=1S/C17H18BrN3O3/c1-19(10-12-4-7-14(18)8-5-12)15(22)9-6-13-11-20(2)17(24)21(3)16(13)23/h4-9,11H,10H2,1-3H3/b9-6+. The SMILES string of the molecule is CN(Cc1ccc(Br)cc1)C(=O)/C=C/c1cn(C)c(=O)n(C)c1=O. The van der Waals surface area contributed by atoms with E-state index in [1.54, 1.807) is 19.0 Å². The van der Waals surface area contributed by atoms with Gasteiger partial charge >= 0.3 is 5.69 Å². The summed E-state index contributed by atoms with van der Waals surface area (Å²) in [6.45, 7) is 0.460. The van der Waals surface area contributed by atoms with Crippen molar-refractivity contribution in [3.8, 4) is 0 Å². The molecule has 0 saturated carbocycles. The lowest BCUT2D eigenvalue weighted by Gasteiger charge is -2.15. The summed E-state index contributed by atoms with van der Waals surface area (Å²) in [6.07, 6.45) is 4.19. The number of nitrogens with zero attached hydrogens (tertiary/aromatic N) is 3. The van der Waals surface area contributed by atoms with E-state index in [9.17, 15) is 14.4 Å². The smallest absolute Gasteiger partial charge is 0.330 e. The number of aromatic nitrogens is 2. The molecule has 1 amide bonds. The van der Waals surface area contributed by atoms with Crippen molar-refractivity contribution in [2.24, 2.45) is 14.1 Å². The lowest BCUT2D eigenvalue weighted by Crippen LogP contribution is -2.37. The van der Waals surface area contributed by atoms with Gasteiger partial charge in [-0.15, -0.1) is 0 Å². The van der Waals surface area contributed by atoms with Crippen molar-refractivity contribution in [2.75, 3.05) is 7.05 Å². The van der Waals surface area contributed by atoms with E-state index in [-0.39, 0.29) is 11.5 Å². The Labute approximate surface area is 147 Å². The van der Waals surface area contributed by atoms with Crippen LogP contribution in [0.15, 0.2) is 50.6 Å². The second kappa shape index (κ2) is 7.44. The van der Waals surface area contributed by atoms with Crippen molar-refractivity contribution in [1.29, 1.82) is 0 Å². The van der Waals surface area contributed by atoms with Crippen molar-refractivity contribution in [1.82, 2.24) is 14.0 Å². The van der Waals surface area contributed by atoms with Gasteiger partial charge in [-0.3, -0.25) is 14.2 Å². The zero-order valence-corrected chi connectivity index (χ0v) is 15.3. The molecule has 0 aliphatic heterocycles. The predicted molar refractivity (Wildman–Crippen MR) is 96.6 cm³/mol. The summed E-state index contributed by atoms with van der Waals surface area (Å²) in [5, 5.41) is 0. The normalized spacial score (nSPS) is 11.0. The minimum atomic E-state index is -0.433. The third kappa shape index (κ3) is 4.11. The summed E-state index contributed by atoms with van der Waals surface area (Å²) in [5.74, 6) is -0.228. The number of hydrogen-bond acceptors (Lipinski definition) is 3.